The molecule has 100 valence electrons. The number of benzene rings is 2. The van der Waals surface area contributed by atoms with E-state index in [1.54, 1.807) is 0 Å². The Hall–Kier alpha value is -2.15. The van der Waals surface area contributed by atoms with E-state index >= 15 is 0 Å². The van der Waals surface area contributed by atoms with Crippen LogP contribution in [0.1, 0.15) is 0 Å². The summed E-state index contributed by atoms with van der Waals surface area (Å²) in [6, 6.07) is 6.12. The minimum atomic E-state index is -4.57. The molecule has 0 aliphatic carbocycles. The summed E-state index contributed by atoms with van der Waals surface area (Å²) in [7, 11) is -4.57. The van der Waals surface area contributed by atoms with Crippen LogP contribution in [-0.4, -0.2) is 18.6 Å². The highest BCUT2D eigenvalue weighted by molar-refractivity contribution is 7.91. The van der Waals surface area contributed by atoms with Crippen LogP contribution >= 0.6 is 0 Å². The van der Waals surface area contributed by atoms with Gasteiger partial charge in [0.25, 0.3) is 0 Å². The molecule has 2 aromatic rings. The Bertz CT molecular complexity index is 741. The summed E-state index contributed by atoms with van der Waals surface area (Å²) in [5, 5.41) is 18.9. The summed E-state index contributed by atoms with van der Waals surface area (Å²) >= 11 is 0. The number of rotatable bonds is 2. The highest BCUT2D eigenvalue weighted by atomic mass is 32.2. The Morgan fingerprint density at radius 3 is 2.16 bits per heavy atom. The third-order valence-electron chi connectivity index (χ3n) is 2.45. The molecule has 0 fully saturated rings. The van der Waals surface area contributed by atoms with E-state index in [9.17, 15) is 27.4 Å². The predicted molar refractivity (Wildman–Crippen MR) is 61.6 cm³/mol. The van der Waals surface area contributed by atoms with Crippen molar-refractivity contribution in [3.8, 4) is 11.5 Å². The van der Waals surface area contributed by atoms with Crippen LogP contribution < -0.4 is 0 Å². The zero-order chi connectivity index (χ0) is 14.2. The number of para-hydroxylation sites is 1. The van der Waals surface area contributed by atoms with Crippen molar-refractivity contribution < 1.29 is 27.4 Å². The minimum Gasteiger partial charge on any atom is -0.507 e. The quantitative estimate of drug-likeness (QED) is 0.887. The lowest BCUT2D eigenvalue weighted by Crippen LogP contribution is -2.07. The third-order valence-corrected chi connectivity index (χ3v) is 4.30. The molecule has 0 saturated heterocycles. The van der Waals surface area contributed by atoms with Crippen LogP contribution in [0.4, 0.5) is 8.78 Å². The fourth-order valence-electron chi connectivity index (χ4n) is 1.57. The Balaban J connectivity index is 2.79. The summed E-state index contributed by atoms with van der Waals surface area (Å²) in [5.41, 5.74) is 0. The maximum Gasteiger partial charge on any atom is 0.216 e. The van der Waals surface area contributed by atoms with Crippen molar-refractivity contribution in [3.63, 3.8) is 0 Å². The fraction of sp³-hybridized carbons (Fsp3) is 0. The number of hydrogen-bond donors (Lipinski definition) is 2. The van der Waals surface area contributed by atoms with Crippen molar-refractivity contribution in [2.45, 2.75) is 9.79 Å². The lowest BCUT2D eigenvalue weighted by atomic mass is 10.3. The third kappa shape index (κ3) is 2.12. The second kappa shape index (κ2) is 4.51. The molecule has 2 aromatic carbocycles. The van der Waals surface area contributed by atoms with Crippen LogP contribution in [0.5, 0.6) is 11.5 Å². The fourth-order valence-corrected chi connectivity index (χ4v) is 3.07. The number of aromatic hydroxyl groups is 2. The smallest absolute Gasteiger partial charge is 0.216 e. The van der Waals surface area contributed by atoms with Crippen molar-refractivity contribution in [3.05, 3.63) is 48.0 Å². The van der Waals surface area contributed by atoms with Gasteiger partial charge in [-0.3, -0.25) is 0 Å². The molecular formula is C12H8F2O4S. The Labute approximate surface area is 107 Å². The average Bonchev–Trinajstić information content (AvgIpc) is 2.34. The van der Waals surface area contributed by atoms with Gasteiger partial charge in [0.2, 0.25) is 9.84 Å². The van der Waals surface area contributed by atoms with E-state index < -0.39 is 42.8 Å². The van der Waals surface area contributed by atoms with Crippen LogP contribution in [-0.2, 0) is 9.84 Å². The van der Waals surface area contributed by atoms with Gasteiger partial charge in [-0.25, -0.2) is 17.2 Å². The van der Waals surface area contributed by atoms with Gasteiger partial charge in [-0.2, -0.15) is 0 Å². The molecule has 7 heteroatoms. The second-order valence-corrected chi connectivity index (χ2v) is 5.54. The molecule has 0 atom stereocenters. The Morgan fingerprint density at radius 1 is 0.895 bits per heavy atom. The lowest BCUT2D eigenvalue weighted by Gasteiger charge is -2.09. The van der Waals surface area contributed by atoms with Crippen molar-refractivity contribution in [1.29, 1.82) is 0 Å². The molecule has 2 rings (SSSR count). The van der Waals surface area contributed by atoms with Crippen LogP contribution in [0.2, 0.25) is 0 Å². The van der Waals surface area contributed by atoms with Crippen molar-refractivity contribution in [2.24, 2.45) is 0 Å². The first-order valence-electron chi connectivity index (χ1n) is 5.05. The van der Waals surface area contributed by atoms with Gasteiger partial charge in [0.15, 0.2) is 16.5 Å². The van der Waals surface area contributed by atoms with Gasteiger partial charge in [0.1, 0.15) is 16.4 Å². The molecule has 0 saturated carbocycles. The first-order chi connectivity index (χ1) is 8.85. The summed E-state index contributed by atoms with van der Waals surface area (Å²) in [5.74, 6) is -4.65. The maximum atomic E-state index is 13.6. The highest BCUT2D eigenvalue weighted by Gasteiger charge is 2.29. The molecule has 4 nitrogen and oxygen atoms in total. The molecule has 19 heavy (non-hydrogen) atoms. The molecule has 0 spiro atoms. The van der Waals surface area contributed by atoms with Crippen molar-refractivity contribution >= 4 is 9.84 Å². The van der Waals surface area contributed by atoms with E-state index in [-0.39, 0.29) is 0 Å². The highest BCUT2D eigenvalue weighted by Crippen LogP contribution is 2.35. The van der Waals surface area contributed by atoms with Crippen molar-refractivity contribution in [1.82, 2.24) is 0 Å². The Kier molecular flexibility index (Phi) is 3.15. The average molecular weight is 286 g/mol. The van der Waals surface area contributed by atoms with Gasteiger partial charge in [-0.05, 0) is 24.3 Å². The maximum absolute atomic E-state index is 13.6. The first kappa shape index (κ1) is 13.3. The van der Waals surface area contributed by atoms with E-state index in [1.165, 1.54) is 12.1 Å². The number of phenols is 2. The SMILES string of the molecule is O=S(=O)(c1ccccc1O)c1c(O)ccc(F)c1F. The largest absolute Gasteiger partial charge is 0.507 e. The minimum absolute atomic E-state index is 0.606. The molecule has 0 bridgehead atoms. The zero-order valence-electron chi connectivity index (χ0n) is 9.34. The van der Waals surface area contributed by atoms with Gasteiger partial charge in [-0.1, -0.05) is 12.1 Å². The van der Waals surface area contributed by atoms with Crippen molar-refractivity contribution in [2.75, 3.05) is 0 Å². The lowest BCUT2D eigenvalue weighted by molar-refractivity contribution is 0.423. The molecule has 0 aliphatic heterocycles. The van der Waals surface area contributed by atoms with Crippen LogP contribution in [0.3, 0.4) is 0 Å². The normalized spacial score (nSPS) is 11.5. The van der Waals surface area contributed by atoms with Gasteiger partial charge in [0, 0.05) is 0 Å². The van der Waals surface area contributed by atoms with E-state index in [0.29, 0.717) is 6.07 Å². The van der Waals surface area contributed by atoms with E-state index in [1.807, 2.05) is 0 Å². The molecule has 0 radical (unpaired) electrons. The zero-order valence-corrected chi connectivity index (χ0v) is 10.2. The molecule has 0 unspecified atom stereocenters. The summed E-state index contributed by atoms with van der Waals surface area (Å²) in [4.78, 5) is -1.82. The van der Waals surface area contributed by atoms with Crippen LogP contribution in [0, 0.1) is 11.6 Å². The Morgan fingerprint density at radius 2 is 1.53 bits per heavy atom. The van der Waals surface area contributed by atoms with Crippen LogP contribution in [0.25, 0.3) is 0 Å². The molecule has 2 N–H and O–H groups in total. The molecule has 0 aliphatic rings. The molecule has 0 heterocycles. The summed E-state index contributed by atoms with van der Waals surface area (Å²) in [6.45, 7) is 0. The number of hydrogen-bond acceptors (Lipinski definition) is 4. The van der Waals surface area contributed by atoms with E-state index in [0.717, 1.165) is 18.2 Å². The van der Waals surface area contributed by atoms with Gasteiger partial charge in [0.05, 0.1) is 0 Å². The number of sulfone groups is 1. The molecule has 0 aromatic heterocycles. The number of halogens is 2. The van der Waals surface area contributed by atoms with E-state index in [4.69, 9.17) is 0 Å². The first-order valence-corrected chi connectivity index (χ1v) is 6.54. The van der Waals surface area contributed by atoms with Gasteiger partial charge >= 0.3 is 0 Å². The summed E-state index contributed by atoms with van der Waals surface area (Å²) < 4.78 is 50.9. The van der Waals surface area contributed by atoms with Gasteiger partial charge in [-0.15, -0.1) is 0 Å². The van der Waals surface area contributed by atoms with E-state index in [2.05, 4.69) is 0 Å². The standard InChI is InChI=1S/C12H8F2O4S/c13-7-5-6-9(16)12(11(7)14)19(17,18)10-4-2-1-3-8(10)15/h1-6,15-16H. The second-order valence-electron chi connectivity index (χ2n) is 3.68. The number of phenolic OH excluding ortho intramolecular Hbond substituents is 2. The monoisotopic (exact) mass is 286 g/mol. The topological polar surface area (TPSA) is 74.6 Å². The molecular weight excluding hydrogens is 278 g/mol. The van der Waals surface area contributed by atoms with Crippen LogP contribution in [0.15, 0.2) is 46.2 Å². The summed E-state index contributed by atoms with van der Waals surface area (Å²) in [6.07, 6.45) is 0. The molecule has 0 amide bonds. The van der Waals surface area contributed by atoms with Gasteiger partial charge < -0.3 is 10.2 Å². The predicted octanol–water partition coefficient (Wildman–Crippen LogP) is 2.21.